The minimum absolute atomic E-state index is 0.0343. The predicted octanol–water partition coefficient (Wildman–Crippen LogP) is 2.47. The molecular weight excluding hydrogens is 259 g/mol. The van der Waals surface area contributed by atoms with Crippen molar-refractivity contribution in [3.05, 3.63) is 29.0 Å². The number of nitrogens with zero attached hydrogens (tertiary/aromatic N) is 1. The Morgan fingerprint density at radius 1 is 1.56 bits per heavy atom. The Balaban J connectivity index is 2.02. The minimum atomic E-state index is -0.524. The molecule has 0 unspecified atom stereocenters. The Bertz CT molecular complexity index is 452. The van der Waals surface area contributed by atoms with E-state index in [0.717, 1.165) is 12.8 Å². The number of aliphatic hydroxyl groups excluding tert-OH is 1. The first-order valence-electron chi connectivity index (χ1n) is 5.75. The second kappa shape index (κ2) is 5.54. The van der Waals surface area contributed by atoms with Gasteiger partial charge in [0.1, 0.15) is 5.82 Å². The van der Waals surface area contributed by atoms with Crippen LogP contribution in [0, 0.1) is 5.82 Å². The van der Waals surface area contributed by atoms with Crippen molar-refractivity contribution in [1.29, 1.82) is 0 Å². The number of halogens is 2. The van der Waals surface area contributed by atoms with Gasteiger partial charge in [0.15, 0.2) is 0 Å². The van der Waals surface area contributed by atoms with Crippen LogP contribution in [0.25, 0.3) is 0 Å². The maximum Gasteiger partial charge on any atom is 0.322 e. The summed E-state index contributed by atoms with van der Waals surface area (Å²) in [4.78, 5) is 13.5. The van der Waals surface area contributed by atoms with Gasteiger partial charge in [0.25, 0.3) is 0 Å². The van der Waals surface area contributed by atoms with Crippen molar-refractivity contribution in [2.45, 2.75) is 18.9 Å². The molecule has 1 aromatic rings. The van der Waals surface area contributed by atoms with E-state index in [1.54, 1.807) is 4.90 Å². The lowest BCUT2D eigenvalue weighted by Gasteiger charge is -2.21. The van der Waals surface area contributed by atoms with Crippen LogP contribution in [0.4, 0.5) is 14.9 Å². The van der Waals surface area contributed by atoms with Crippen LogP contribution in [-0.2, 0) is 0 Å². The molecule has 1 fully saturated rings. The third kappa shape index (κ3) is 3.11. The Morgan fingerprint density at radius 2 is 2.28 bits per heavy atom. The number of nitrogens with one attached hydrogen (secondary N) is 1. The van der Waals surface area contributed by atoms with E-state index in [4.69, 9.17) is 16.7 Å². The number of hydrogen-bond donors (Lipinski definition) is 2. The zero-order valence-electron chi connectivity index (χ0n) is 9.70. The third-order valence-corrected chi connectivity index (χ3v) is 3.05. The molecule has 4 nitrogen and oxygen atoms in total. The van der Waals surface area contributed by atoms with E-state index in [2.05, 4.69) is 5.32 Å². The van der Waals surface area contributed by atoms with Gasteiger partial charge in [0.2, 0.25) is 0 Å². The zero-order chi connectivity index (χ0) is 13.1. The normalized spacial score (nSPS) is 14.4. The smallest absolute Gasteiger partial charge is 0.322 e. The number of urea groups is 1. The fourth-order valence-electron chi connectivity index (χ4n) is 1.71. The van der Waals surface area contributed by atoms with Gasteiger partial charge in [-0.2, -0.15) is 0 Å². The van der Waals surface area contributed by atoms with E-state index in [1.165, 1.54) is 18.2 Å². The maximum absolute atomic E-state index is 13.0. The molecule has 18 heavy (non-hydrogen) atoms. The minimum Gasteiger partial charge on any atom is -0.395 e. The van der Waals surface area contributed by atoms with Crippen LogP contribution in [0.2, 0.25) is 5.02 Å². The molecule has 2 rings (SSSR count). The molecule has 1 saturated carbocycles. The van der Waals surface area contributed by atoms with Crippen molar-refractivity contribution in [2.24, 2.45) is 0 Å². The van der Waals surface area contributed by atoms with Gasteiger partial charge in [-0.05, 0) is 31.0 Å². The Kier molecular flexibility index (Phi) is 4.04. The summed E-state index contributed by atoms with van der Waals surface area (Å²) in [6.45, 7) is 0.222. The predicted molar refractivity (Wildman–Crippen MR) is 67.2 cm³/mol. The van der Waals surface area contributed by atoms with Crippen LogP contribution in [-0.4, -0.2) is 35.2 Å². The highest BCUT2D eigenvalue weighted by atomic mass is 35.5. The summed E-state index contributed by atoms with van der Waals surface area (Å²) in [5.41, 5.74) is 0.440. The van der Waals surface area contributed by atoms with Crippen LogP contribution in [0.15, 0.2) is 18.2 Å². The molecule has 0 saturated heterocycles. The molecule has 1 aliphatic rings. The van der Waals surface area contributed by atoms with E-state index in [0.29, 0.717) is 12.2 Å². The number of rotatable bonds is 4. The molecule has 0 spiro atoms. The SMILES string of the molecule is O=C(Nc1ccc(F)c(Cl)c1)N(CCO)C1CC1. The van der Waals surface area contributed by atoms with Gasteiger partial charge in [0, 0.05) is 18.3 Å². The molecule has 98 valence electrons. The van der Waals surface area contributed by atoms with Gasteiger partial charge in [-0.1, -0.05) is 11.6 Å². The van der Waals surface area contributed by atoms with E-state index < -0.39 is 5.82 Å². The Hall–Kier alpha value is -1.33. The van der Waals surface area contributed by atoms with E-state index in [1.807, 2.05) is 0 Å². The number of carbonyl (C=O) groups is 1. The number of benzene rings is 1. The van der Waals surface area contributed by atoms with Gasteiger partial charge < -0.3 is 15.3 Å². The van der Waals surface area contributed by atoms with Gasteiger partial charge in [-0.3, -0.25) is 0 Å². The molecule has 0 bridgehead atoms. The number of aliphatic hydroxyl groups is 1. The van der Waals surface area contributed by atoms with Crippen molar-refractivity contribution in [1.82, 2.24) is 4.90 Å². The molecule has 2 amide bonds. The number of hydrogen-bond acceptors (Lipinski definition) is 2. The number of amides is 2. The van der Waals surface area contributed by atoms with Gasteiger partial charge in [0.05, 0.1) is 11.6 Å². The highest BCUT2D eigenvalue weighted by molar-refractivity contribution is 6.31. The first-order chi connectivity index (χ1) is 8.61. The molecule has 1 aliphatic carbocycles. The van der Waals surface area contributed by atoms with Gasteiger partial charge in [-0.25, -0.2) is 9.18 Å². The number of anilines is 1. The molecule has 6 heteroatoms. The summed E-state index contributed by atoms with van der Waals surface area (Å²) in [5, 5.41) is 11.5. The standard InChI is InChI=1S/C12H14ClFN2O2/c13-10-7-8(1-4-11(10)14)15-12(18)16(5-6-17)9-2-3-9/h1,4,7,9,17H,2-3,5-6H2,(H,15,18). The summed E-state index contributed by atoms with van der Waals surface area (Å²) in [6.07, 6.45) is 1.91. The fraction of sp³-hybridized carbons (Fsp3) is 0.417. The lowest BCUT2D eigenvalue weighted by atomic mass is 10.3. The fourth-order valence-corrected chi connectivity index (χ4v) is 1.89. The monoisotopic (exact) mass is 272 g/mol. The molecule has 2 N–H and O–H groups in total. The maximum atomic E-state index is 13.0. The van der Waals surface area contributed by atoms with Crippen LogP contribution in [0.3, 0.4) is 0 Å². The highest BCUT2D eigenvalue weighted by Crippen LogP contribution is 2.27. The zero-order valence-corrected chi connectivity index (χ0v) is 10.5. The molecular formula is C12H14ClFN2O2. The molecule has 0 radical (unpaired) electrons. The third-order valence-electron chi connectivity index (χ3n) is 2.76. The van der Waals surface area contributed by atoms with Crippen LogP contribution in [0.1, 0.15) is 12.8 Å². The summed E-state index contributed by atoms with van der Waals surface area (Å²) in [7, 11) is 0. The van der Waals surface area contributed by atoms with E-state index in [9.17, 15) is 9.18 Å². The molecule has 1 aromatic carbocycles. The topological polar surface area (TPSA) is 52.6 Å². The molecule has 0 heterocycles. The van der Waals surface area contributed by atoms with Crippen molar-refractivity contribution in [2.75, 3.05) is 18.5 Å². The van der Waals surface area contributed by atoms with Gasteiger partial charge >= 0.3 is 6.03 Å². The molecule has 0 atom stereocenters. The van der Waals surface area contributed by atoms with E-state index >= 15 is 0 Å². The first kappa shape index (κ1) is 13.1. The van der Waals surface area contributed by atoms with Crippen molar-refractivity contribution < 1.29 is 14.3 Å². The molecule has 0 aliphatic heterocycles. The highest BCUT2D eigenvalue weighted by Gasteiger charge is 2.32. The van der Waals surface area contributed by atoms with Gasteiger partial charge in [-0.15, -0.1) is 0 Å². The summed E-state index contributed by atoms with van der Waals surface area (Å²) in [6, 6.07) is 3.91. The quantitative estimate of drug-likeness (QED) is 0.885. The summed E-state index contributed by atoms with van der Waals surface area (Å²) < 4.78 is 13.0. The number of carbonyl (C=O) groups excluding carboxylic acids is 1. The Morgan fingerprint density at radius 3 is 2.83 bits per heavy atom. The summed E-state index contributed by atoms with van der Waals surface area (Å²) >= 11 is 5.63. The molecule has 0 aromatic heterocycles. The second-order valence-electron chi connectivity index (χ2n) is 4.21. The van der Waals surface area contributed by atoms with Crippen molar-refractivity contribution in [3.63, 3.8) is 0 Å². The van der Waals surface area contributed by atoms with E-state index in [-0.39, 0.29) is 23.7 Å². The lowest BCUT2D eigenvalue weighted by Crippen LogP contribution is -2.38. The summed E-state index contributed by atoms with van der Waals surface area (Å²) in [5.74, 6) is -0.524. The average Bonchev–Trinajstić information content (AvgIpc) is 3.15. The Labute approximate surface area is 109 Å². The van der Waals surface area contributed by atoms with Crippen LogP contribution in [0.5, 0.6) is 0 Å². The largest absolute Gasteiger partial charge is 0.395 e. The van der Waals surface area contributed by atoms with Crippen LogP contribution < -0.4 is 5.32 Å². The lowest BCUT2D eigenvalue weighted by molar-refractivity contribution is 0.185. The average molecular weight is 273 g/mol. The second-order valence-corrected chi connectivity index (χ2v) is 4.61. The van der Waals surface area contributed by atoms with Crippen LogP contribution >= 0.6 is 11.6 Å². The first-order valence-corrected chi connectivity index (χ1v) is 6.13. The van der Waals surface area contributed by atoms with Crippen molar-refractivity contribution >= 4 is 23.3 Å². The van der Waals surface area contributed by atoms with Crippen molar-refractivity contribution in [3.8, 4) is 0 Å².